The highest BCUT2D eigenvalue weighted by atomic mass is 16.5. The van der Waals surface area contributed by atoms with E-state index < -0.39 is 0 Å². The highest BCUT2D eigenvalue weighted by Gasteiger charge is 2.20. The van der Waals surface area contributed by atoms with E-state index in [4.69, 9.17) is 4.42 Å². The lowest BCUT2D eigenvalue weighted by Crippen LogP contribution is -2.13. The predicted molar refractivity (Wildman–Crippen MR) is 54.1 cm³/mol. The summed E-state index contributed by atoms with van der Waals surface area (Å²) >= 11 is 0. The van der Waals surface area contributed by atoms with E-state index in [0.29, 0.717) is 6.54 Å². The van der Waals surface area contributed by atoms with E-state index in [1.54, 1.807) is 6.26 Å². The second kappa shape index (κ2) is 3.01. The van der Waals surface area contributed by atoms with Gasteiger partial charge < -0.3 is 10.6 Å². The van der Waals surface area contributed by atoms with Crippen LogP contribution in [0.2, 0.25) is 0 Å². The number of nitrogens with zero attached hydrogens (tertiary/aromatic N) is 1. The van der Waals surface area contributed by atoms with Gasteiger partial charge in [0.15, 0.2) is 0 Å². The lowest BCUT2D eigenvalue weighted by Gasteiger charge is -2.09. The molecule has 4 N–H and O–H groups in total. The molecular weight excluding hydrogens is 180 g/mol. The number of anilines is 1. The van der Waals surface area contributed by atoms with Crippen molar-refractivity contribution in [2.45, 2.75) is 6.42 Å². The number of benzene rings is 1. The summed E-state index contributed by atoms with van der Waals surface area (Å²) in [5.74, 6) is 0. The van der Waals surface area contributed by atoms with Gasteiger partial charge in [-0.05, 0) is 24.1 Å². The fourth-order valence-corrected chi connectivity index (χ4v) is 1.92. The Morgan fingerprint density at radius 3 is 3.00 bits per heavy atom. The summed E-state index contributed by atoms with van der Waals surface area (Å²) < 4.78 is 5.25. The molecule has 0 bridgehead atoms. The normalized spacial score (nSPS) is 14.2. The van der Waals surface area contributed by atoms with Crippen molar-refractivity contribution >= 4 is 16.7 Å². The summed E-state index contributed by atoms with van der Waals surface area (Å²) in [5, 5.41) is 11.9. The smallest absolute Gasteiger partial charge is 0.136 e. The van der Waals surface area contributed by atoms with Crippen molar-refractivity contribution in [3.05, 3.63) is 30.0 Å². The quantitative estimate of drug-likeness (QED) is 0.672. The molecule has 1 aliphatic rings. The predicted octanol–water partition coefficient (Wildman–Crippen LogP) is 2.35. The van der Waals surface area contributed by atoms with Gasteiger partial charge in [-0.25, -0.2) is 0 Å². The highest BCUT2D eigenvalue weighted by Crippen LogP contribution is 2.34. The molecule has 0 saturated carbocycles. The first-order valence-corrected chi connectivity index (χ1v) is 4.32. The van der Waals surface area contributed by atoms with E-state index in [2.05, 4.69) is 0 Å². The summed E-state index contributed by atoms with van der Waals surface area (Å²) in [6.07, 6.45) is 2.56. The highest BCUT2D eigenvalue weighted by molar-refractivity contribution is 5.93. The molecular formula is C10H12N2O2. The number of furan rings is 1. The number of hydrogen-bond donors (Lipinski definition) is 2. The molecule has 3 rings (SSSR count). The summed E-state index contributed by atoms with van der Waals surface area (Å²) in [6.45, 7) is 0.680. The summed E-state index contributed by atoms with van der Waals surface area (Å²) in [4.78, 5) is 0. The molecule has 2 heterocycles. The zero-order valence-corrected chi connectivity index (χ0v) is 7.73. The molecule has 0 radical (unpaired) electrons. The second-order valence-electron chi connectivity index (χ2n) is 3.28. The van der Waals surface area contributed by atoms with E-state index >= 15 is 0 Å². The van der Waals surface area contributed by atoms with E-state index in [0.717, 1.165) is 23.1 Å². The second-order valence-corrected chi connectivity index (χ2v) is 3.28. The van der Waals surface area contributed by atoms with Gasteiger partial charge in [0.05, 0.1) is 12.0 Å². The molecule has 4 nitrogen and oxygen atoms in total. The maximum Gasteiger partial charge on any atom is 0.136 e. The summed E-state index contributed by atoms with van der Waals surface area (Å²) in [5.41, 5.74) is 2.93. The van der Waals surface area contributed by atoms with Gasteiger partial charge in [0.1, 0.15) is 5.58 Å². The molecule has 74 valence electrons. The maximum absolute atomic E-state index is 9.59. The van der Waals surface area contributed by atoms with Crippen LogP contribution in [0.25, 0.3) is 11.0 Å². The number of hydrogen-bond acceptors (Lipinski definition) is 4. The van der Waals surface area contributed by atoms with Crippen molar-refractivity contribution in [3.63, 3.8) is 0 Å². The van der Waals surface area contributed by atoms with Gasteiger partial charge >= 0.3 is 0 Å². The Morgan fingerprint density at radius 2 is 2.14 bits per heavy atom. The van der Waals surface area contributed by atoms with E-state index in [-0.39, 0.29) is 6.15 Å². The molecule has 0 fully saturated rings. The first kappa shape index (κ1) is 9.05. The van der Waals surface area contributed by atoms with Gasteiger partial charge in [0.2, 0.25) is 0 Å². The molecule has 0 amide bonds. The molecule has 1 aromatic heterocycles. The van der Waals surface area contributed by atoms with E-state index in [1.807, 2.05) is 18.2 Å². The molecule has 0 atom stereocenters. The zero-order chi connectivity index (χ0) is 8.84. The Morgan fingerprint density at radius 1 is 1.29 bits per heavy atom. The minimum atomic E-state index is 0. The summed E-state index contributed by atoms with van der Waals surface area (Å²) in [7, 11) is 0. The third kappa shape index (κ3) is 1.01. The molecule has 2 aromatic rings. The van der Waals surface area contributed by atoms with Gasteiger partial charge in [0, 0.05) is 11.9 Å². The van der Waals surface area contributed by atoms with Crippen LogP contribution in [0.4, 0.5) is 5.69 Å². The number of hydroxylamine groups is 1. The molecule has 1 aliphatic heterocycles. The van der Waals surface area contributed by atoms with Gasteiger partial charge in [0.25, 0.3) is 0 Å². The summed E-state index contributed by atoms with van der Waals surface area (Å²) in [6, 6.07) is 5.85. The van der Waals surface area contributed by atoms with Crippen LogP contribution in [0.3, 0.4) is 0 Å². The standard InChI is InChI=1S/C10H9NO2.H3N/c12-11-5-3-7-1-2-9-8(10(7)11)4-6-13-9;/h1-2,4,6,12H,3,5H2;1H3. The number of fused-ring (bicyclic) bond motifs is 3. The van der Waals surface area contributed by atoms with Gasteiger partial charge in [-0.15, -0.1) is 0 Å². The lowest BCUT2D eigenvalue weighted by atomic mass is 10.1. The zero-order valence-electron chi connectivity index (χ0n) is 7.73. The van der Waals surface area contributed by atoms with Crippen LogP contribution in [0, 0.1) is 0 Å². The fraction of sp³-hybridized carbons (Fsp3) is 0.200. The Kier molecular flexibility index (Phi) is 1.94. The largest absolute Gasteiger partial charge is 0.464 e. The van der Waals surface area contributed by atoms with Crippen molar-refractivity contribution in [3.8, 4) is 0 Å². The molecule has 1 aromatic carbocycles. The van der Waals surface area contributed by atoms with Crippen LogP contribution in [0.15, 0.2) is 28.9 Å². The monoisotopic (exact) mass is 192 g/mol. The van der Waals surface area contributed by atoms with Gasteiger partial charge in [-0.1, -0.05) is 6.07 Å². The van der Waals surface area contributed by atoms with E-state index in [1.165, 1.54) is 10.6 Å². The van der Waals surface area contributed by atoms with Crippen LogP contribution in [0.5, 0.6) is 0 Å². The minimum absolute atomic E-state index is 0. The average Bonchev–Trinajstić information content (AvgIpc) is 2.70. The Labute approximate surface area is 81.3 Å². The van der Waals surface area contributed by atoms with E-state index in [9.17, 15) is 5.21 Å². The van der Waals surface area contributed by atoms with Crippen LogP contribution in [-0.2, 0) is 6.42 Å². The molecule has 14 heavy (non-hydrogen) atoms. The third-order valence-electron chi connectivity index (χ3n) is 2.54. The maximum atomic E-state index is 9.59. The molecule has 0 unspecified atom stereocenters. The van der Waals surface area contributed by atoms with Gasteiger partial charge in [-0.3, -0.25) is 10.3 Å². The Bertz CT molecular complexity index is 464. The molecule has 0 saturated heterocycles. The van der Waals surface area contributed by atoms with Crippen molar-refractivity contribution in [1.29, 1.82) is 0 Å². The molecule has 0 aliphatic carbocycles. The van der Waals surface area contributed by atoms with Crippen molar-refractivity contribution in [2.75, 3.05) is 11.6 Å². The fourth-order valence-electron chi connectivity index (χ4n) is 1.92. The topological polar surface area (TPSA) is 71.6 Å². The van der Waals surface area contributed by atoms with Gasteiger partial charge in [-0.2, -0.15) is 0 Å². The van der Waals surface area contributed by atoms with Crippen molar-refractivity contribution in [2.24, 2.45) is 0 Å². The number of rotatable bonds is 0. The van der Waals surface area contributed by atoms with Crippen molar-refractivity contribution in [1.82, 2.24) is 6.15 Å². The van der Waals surface area contributed by atoms with Crippen LogP contribution in [0.1, 0.15) is 5.56 Å². The van der Waals surface area contributed by atoms with Crippen molar-refractivity contribution < 1.29 is 9.62 Å². The lowest BCUT2D eigenvalue weighted by molar-refractivity contribution is 0.265. The average molecular weight is 192 g/mol. The van der Waals surface area contributed by atoms with Crippen LogP contribution >= 0.6 is 0 Å². The Hall–Kier alpha value is -1.52. The third-order valence-corrected chi connectivity index (χ3v) is 2.54. The molecule has 4 heteroatoms. The Balaban J connectivity index is 0.000000750. The first-order chi connectivity index (χ1) is 6.36. The van der Waals surface area contributed by atoms with Crippen LogP contribution < -0.4 is 11.2 Å². The SMILES string of the molecule is N.ON1CCc2ccc3occc3c21. The minimum Gasteiger partial charge on any atom is -0.464 e. The first-order valence-electron chi connectivity index (χ1n) is 4.32. The van der Waals surface area contributed by atoms with Crippen LogP contribution in [-0.4, -0.2) is 11.8 Å². The molecule has 0 spiro atoms.